The summed E-state index contributed by atoms with van der Waals surface area (Å²) in [5, 5.41) is 7.35. The summed E-state index contributed by atoms with van der Waals surface area (Å²) in [4.78, 5) is 15.1. The van der Waals surface area contributed by atoms with E-state index in [0.717, 1.165) is 5.69 Å². The highest BCUT2D eigenvalue weighted by atomic mass is 32.1. The first kappa shape index (κ1) is 9.98. The Balaban J connectivity index is 2.23. The van der Waals surface area contributed by atoms with E-state index in [1.807, 2.05) is 19.2 Å². The fourth-order valence-electron chi connectivity index (χ4n) is 0.809. The fraction of sp³-hybridized carbons (Fsp3) is 0.500. The van der Waals surface area contributed by atoms with Crippen molar-refractivity contribution in [1.29, 1.82) is 0 Å². The van der Waals surface area contributed by atoms with E-state index in [1.54, 1.807) is 5.51 Å². The van der Waals surface area contributed by atoms with Crippen LogP contribution in [0.2, 0.25) is 0 Å². The molecule has 0 unspecified atom stereocenters. The molecule has 1 rings (SSSR count). The molecule has 0 aromatic carbocycles. The highest BCUT2D eigenvalue weighted by molar-refractivity contribution is 7.07. The Kier molecular flexibility index (Phi) is 3.70. The van der Waals surface area contributed by atoms with Gasteiger partial charge in [0.15, 0.2) is 0 Å². The van der Waals surface area contributed by atoms with Gasteiger partial charge in [0.25, 0.3) is 0 Å². The molecule has 0 saturated heterocycles. The third-order valence-corrected chi connectivity index (χ3v) is 1.97. The van der Waals surface area contributed by atoms with E-state index in [2.05, 4.69) is 15.6 Å². The quantitative estimate of drug-likeness (QED) is 0.772. The normalized spacial score (nSPS) is 10.1. The summed E-state index contributed by atoms with van der Waals surface area (Å²) in [5.74, 6) is 0. The molecular formula is C8H13N3OS. The zero-order valence-electron chi connectivity index (χ0n) is 7.70. The van der Waals surface area contributed by atoms with E-state index in [4.69, 9.17) is 0 Å². The van der Waals surface area contributed by atoms with Crippen molar-refractivity contribution in [2.24, 2.45) is 0 Å². The van der Waals surface area contributed by atoms with E-state index in [9.17, 15) is 4.79 Å². The second-order valence-corrected chi connectivity index (χ2v) is 3.68. The maximum absolute atomic E-state index is 11.1. The van der Waals surface area contributed by atoms with Gasteiger partial charge in [-0.1, -0.05) is 0 Å². The lowest BCUT2D eigenvalue weighted by Gasteiger charge is -2.08. The van der Waals surface area contributed by atoms with Gasteiger partial charge in [-0.2, -0.15) is 0 Å². The van der Waals surface area contributed by atoms with Gasteiger partial charge in [0.05, 0.1) is 17.7 Å². The highest BCUT2D eigenvalue weighted by Crippen LogP contribution is 1.99. The van der Waals surface area contributed by atoms with Crippen molar-refractivity contribution in [2.45, 2.75) is 26.4 Å². The molecule has 0 aliphatic carbocycles. The van der Waals surface area contributed by atoms with E-state index >= 15 is 0 Å². The minimum Gasteiger partial charge on any atom is -0.336 e. The van der Waals surface area contributed by atoms with Crippen LogP contribution in [-0.2, 0) is 6.54 Å². The first-order valence-electron chi connectivity index (χ1n) is 4.10. The molecule has 13 heavy (non-hydrogen) atoms. The number of carbonyl (C=O) groups excluding carboxylic acids is 1. The maximum atomic E-state index is 11.1. The number of amides is 2. The fourth-order valence-corrected chi connectivity index (χ4v) is 1.37. The number of aromatic nitrogens is 1. The Hall–Kier alpha value is -1.10. The number of nitrogens with one attached hydrogen (secondary N) is 2. The van der Waals surface area contributed by atoms with Crippen LogP contribution < -0.4 is 10.6 Å². The van der Waals surface area contributed by atoms with Crippen molar-refractivity contribution >= 4 is 17.4 Å². The molecular weight excluding hydrogens is 186 g/mol. The van der Waals surface area contributed by atoms with Gasteiger partial charge in [0.1, 0.15) is 0 Å². The summed E-state index contributed by atoms with van der Waals surface area (Å²) >= 11 is 1.52. The molecule has 0 fully saturated rings. The Bertz CT molecular complexity index is 258. The van der Waals surface area contributed by atoms with Crippen LogP contribution in [0.3, 0.4) is 0 Å². The molecule has 0 aliphatic rings. The molecule has 0 bridgehead atoms. The SMILES string of the molecule is CC(C)NC(=O)NCc1cscn1. The topological polar surface area (TPSA) is 54.0 Å². The van der Waals surface area contributed by atoms with Crippen LogP contribution in [0.15, 0.2) is 10.9 Å². The number of thiazole rings is 1. The molecule has 1 aromatic rings. The van der Waals surface area contributed by atoms with Crippen LogP contribution in [0, 0.1) is 0 Å². The summed E-state index contributed by atoms with van der Waals surface area (Å²) in [6.45, 7) is 4.33. The monoisotopic (exact) mass is 199 g/mol. The summed E-state index contributed by atoms with van der Waals surface area (Å²) in [7, 11) is 0. The molecule has 0 aliphatic heterocycles. The third-order valence-electron chi connectivity index (χ3n) is 1.33. The van der Waals surface area contributed by atoms with Crippen LogP contribution in [0.1, 0.15) is 19.5 Å². The minimum atomic E-state index is -0.150. The van der Waals surface area contributed by atoms with Crippen LogP contribution >= 0.6 is 11.3 Å². The predicted octanol–water partition coefficient (Wildman–Crippen LogP) is 1.35. The van der Waals surface area contributed by atoms with E-state index in [0.29, 0.717) is 6.54 Å². The highest BCUT2D eigenvalue weighted by Gasteiger charge is 2.02. The van der Waals surface area contributed by atoms with Crippen molar-refractivity contribution in [2.75, 3.05) is 0 Å². The van der Waals surface area contributed by atoms with Crippen molar-refractivity contribution in [1.82, 2.24) is 15.6 Å². The standard InChI is InChI=1S/C8H13N3OS/c1-6(2)11-8(12)9-3-7-4-13-5-10-7/h4-6H,3H2,1-2H3,(H2,9,11,12). The lowest BCUT2D eigenvalue weighted by Crippen LogP contribution is -2.39. The molecule has 1 heterocycles. The number of rotatable bonds is 3. The number of nitrogens with zero attached hydrogens (tertiary/aromatic N) is 1. The van der Waals surface area contributed by atoms with Gasteiger partial charge < -0.3 is 10.6 Å². The molecule has 0 spiro atoms. The Morgan fingerprint density at radius 1 is 1.69 bits per heavy atom. The Morgan fingerprint density at radius 2 is 2.46 bits per heavy atom. The molecule has 4 nitrogen and oxygen atoms in total. The van der Waals surface area contributed by atoms with Gasteiger partial charge in [-0.3, -0.25) is 0 Å². The molecule has 0 atom stereocenters. The molecule has 2 amide bonds. The van der Waals surface area contributed by atoms with E-state index in [1.165, 1.54) is 11.3 Å². The molecule has 0 radical (unpaired) electrons. The van der Waals surface area contributed by atoms with Gasteiger partial charge >= 0.3 is 6.03 Å². The number of urea groups is 1. The second kappa shape index (κ2) is 4.81. The van der Waals surface area contributed by atoms with Crippen molar-refractivity contribution in [3.05, 3.63) is 16.6 Å². The zero-order valence-corrected chi connectivity index (χ0v) is 8.52. The van der Waals surface area contributed by atoms with E-state index < -0.39 is 0 Å². The van der Waals surface area contributed by atoms with Gasteiger partial charge in [0, 0.05) is 11.4 Å². The average molecular weight is 199 g/mol. The number of hydrogen-bond donors (Lipinski definition) is 2. The lowest BCUT2D eigenvalue weighted by atomic mass is 10.4. The molecule has 0 saturated carbocycles. The molecule has 72 valence electrons. The van der Waals surface area contributed by atoms with Crippen LogP contribution in [-0.4, -0.2) is 17.1 Å². The van der Waals surface area contributed by atoms with Crippen LogP contribution in [0.25, 0.3) is 0 Å². The lowest BCUT2D eigenvalue weighted by molar-refractivity contribution is 0.238. The molecule has 5 heteroatoms. The summed E-state index contributed by atoms with van der Waals surface area (Å²) in [6.07, 6.45) is 0. The second-order valence-electron chi connectivity index (χ2n) is 2.96. The van der Waals surface area contributed by atoms with Gasteiger partial charge in [-0.25, -0.2) is 9.78 Å². The van der Waals surface area contributed by atoms with Crippen LogP contribution in [0.4, 0.5) is 4.79 Å². The largest absolute Gasteiger partial charge is 0.336 e. The first-order valence-corrected chi connectivity index (χ1v) is 5.04. The minimum absolute atomic E-state index is 0.150. The summed E-state index contributed by atoms with van der Waals surface area (Å²) in [6, 6.07) is 0.0124. The van der Waals surface area contributed by atoms with Crippen molar-refractivity contribution in [3.63, 3.8) is 0 Å². The Labute approximate surface area is 81.4 Å². The third kappa shape index (κ3) is 3.89. The zero-order chi connectivity index (χ0) is 9.68. The summed E-state index contributed by atoms with van der Waals surface area (Å²) < 4.78 is 0. The van der Waals surface area contributed by atoms with Gasteiger partial charge in [0.2, 0.25) is 0 Å². The molecule has 1 aromatic heterocycles. The summed E-state index contributed by atoms with van der Waals surface area (Å²) in [5.41, 5.74) is 2.64. The van der Waals surface area contributed by atoms with Crippen molar-refractivity contribution in [3.8, 4) is 0 Å². The smallest absolute Gasteiger partial charge is 0.315 e. The maximum Gasteiger partial charge on any atom is 0.315 e. The molecule has 2 N–H and O–H groups in total. The average Bonchev–Trinajstić information content (AvgIpc) is 2.51. The predicted molar refractivity (Wildman–Crippen MR) is 52.6 cm³/mol. The Morgan fingerprint density at radius 3 is 3.00 bits per heavy atom. The first-order chi connectivity index (χ1) is 6.18. The van der Waals surface area contributed by atoms with Crippen LogP contribution in [0.5, 0.6) is 0 Å². The van der Waals surface area contributed by atoms with Crippen molar-refractivity contribution < 1.29 is 4.79 Å². The number of hydrogen-bond acceptors (Lipinski definition) is 3. The van der Waals surface area contributed by atoms with Gasteiger partial charge in [-0.15, -0.1) is 11.3 Å². The van der Waals surface area contributed by atoms with Gasteiger partial charge in [-0.05, 0) is 13.8 Å². The van der Waals surface area contributed by atoms with E-state index in [-0.39, 0.29) is 12.1 Å². The number of carbonyl (C=O) groups is 1.